The van der Waals surface area contributed by atoms with Crippen LogP contribution in [0, 0.1) is 5.92 Å². The van der Waals surface area contributed by atoms with E-state index in [4.69, 9.17) is 4.74 Å². The van der Waals surface area contributed by atoms with Crippen LogP contribution in [0.15, 0.2) is 29.2 Å². The summed E-state index contributed by atoms with van der Waals surface area (Å²) in [4.78, 5) is 1.40. The van der Waals surface area contributed by atoms with Gasteiger partial charge in [-0.2, -0.15) is 0 Å². The molecule has 0 unspecified atom stereocenters. The number of hydrogen-bond acceptors (Lipinski definition) is 3. The zero-order valence-electron chi connectivity index (χ0n) is 11.2. The van der Waals surface area contributed by atoms with Crippen molar-refractivity contribution in [2.24, 2.45) is 5.92 Å². The molecule has 1 aromatic carbocycles. The highest BCUT2D eigenvalue weighted by atomic mass is 32.2. The number of methoxy groups -OCH3 is 1. The molecule has 0 bridgehead atoms. The first-order valence-electron chi connectivity index (χ1n) is 6.80. The SMILES string of the molecule is COCCNCc1ccc(SCCC2CC2)cc1. The van der Waals surface area contributed by atoms with Gasteiger partial charge in [-0.25, -0.2) is 0 Å². The van der Waals surface area contributed by atoms with Crippen molar-refractivity contribution in [1.82, 2.24) is 5.32 Å². The normalized spacial score (nSPS) is 14.9. The molecule has 1 aliphatic rings. The molecule has 0 amide bonds. The molecule has 2 rings (SSSR count). The van der Waals surface area contributed by atoms with Gasteiger partial charge < -0.3 is 10.1 Å². The summed E-state index contributed by atoms with van der Waals surface area (Å²) in [5.41, 5.74) is 1.35. The van der Waals surface area contributed by atoms with Crippen molar-refractivity contribution in [3.05, 3.63) is 29.8 Å². The number of nitrogens with one attached hydrogen (secondary N) is 1. The van der Waals surface area contributed by atoms with Crippen LogP contribution in [0.1, 0.15) is 24.8 Å². The molecule has 1 saturated carbocycles. The maximum absolute atomic E-state index is 5.00. The fourth-order valence-electron chi connectivity index (χ4n) is 1.86. The molecule has 0 heterocycles. The lowest BCUT2D eigenvalue weighted by molar-refractivity contribution is 0.199. The second-order valence-corrected chi connectivity index (χ2v) is 6.06. The molecule has 0 atom stereocenters. The Kier molecular flexibility index (Phi) is 6.05. The van der Waals surface area contributed by atoms with E-state index >= 15 is 0 Å². The van der Waals surface area contributed by atoms with E-state index in [-0.39, 0.29) is 0 Å². The molecule has 1 N–H and O–H groups in total. The van der Waals surface area contributed by atoms with E-state index in [1.54, 1.807) is 7.11 Å². The summed E-state index contributed by atoms with van der Waals surface area (Å²) in [6.07, 6.45) is 4.32. The maximum atomic E-state index is 5.00. The average Bonchev–Trinajstić information content (AvgIpc) is 3.21. The highest BCUT2D eigenvalue weighted by Gasteiger charge is 2.20. The highest BCUT2D eigenvalue weighted by molar-refractivity contribution is 7.99. The highest BCUT2D eigenvalue weighted by Crippen LogP contribution is 2.34. The molecule has 1 aromatic rings. The minimum absolute atomic E-state index is 0.773. The molecule has 18 heavy (non-hydrogen) atoms. The lowest BCUT2D eigenvalue weighted by Crippen LogP contribution is -2.18. The molecule has 0 radical (unpaired) electrons. The monoisotopic (exact) mass is 265 g/mol. The van der Waals surface area contributed by atoms with Crippen LogP contribution in [0.4, 0.5) is 0 Å². The Hall–Kier alpha value is -0.510. The number of thioether (sulfide) groups is 1. The summed E-state index contributed by atoms with van der Waals surface area (Å²) in [5.74, 6) is 2.32. The van der Waals surface area contributed by atoms with Crippen molar-refractivity contribution >= 4 is 11.8 Å². The van der Waals surface area contributed by atoms with Crippen LogP contribution in [0.3, 0.4) is 0 Å². The van der Waals surface area contributed by atoms with Crippen molar-refractivity contribution < 1.29 is 4.74 Å². The first-order chi connectivity index (χ1) is 8.88. The van der Waals surface area contributed by atoms with E-state index in [2.05, 4.69) is 29.6 Å². The second kappa shape index (κ2) is 7.82. The molecule has 0 aliphatic heterocycles. The Morgan fingerprint density at radius 1 is 1.28 bits per heavy atom. The van der Waals surface area contributed by atoms with E-state index < -0.39 is 0 Å². The van der Waals surface area contributed by atoms with Crippen molar-refractivity contribution in [3.63, 3.8) is 0 Å². The molecule has 0 aromatic heterocycles. The summed E-state index contributed by atoms with van der Waals surface area (Å²) in [6, 6.07) is 8.92. The van der Waals surface area contributed by atoms with Crippen LogP contribution in [0.2, 0.25) is 0 Å². The predicted molar refractivity (Wildman–Crippen MR) is 78.1 cm³/mol. The van der Waals surface area contributed by atoms with Crippen LogP contribution >= 0.6 is 11.8 Å². The van der Waals surface area contributed by atoms with Crippen LogP contribution < -0.4 is 5.32 Å². The van der Waals surface area contributed by atoms with Gasteiger partial charge in [0.2, 0.25) is 0 Å². The fourth-order valence-corrected chi connectivity index (χ4v) is 2.88. The third-order valence-electron chi connectivity index (χ3n) is 3.23. The van der Waals surface area contributed by atoms with Crippen molar-refractivity contribution in [2.75, 3.05) is 26.0 Å². The molecular weight excluding hydrogens is 242 g/mol. The van der Waals surface area contributed by atoms with Gasteiger partial charge in [0.15, 0.2) is 0 Å². The number of rotatable bonds is 9. The van der Waals surface area contributed by atoms with Crippen molar-refractivity contribution in [1.29, 1.82) is 0 Å². The average molecular weight is 265 g/mol. The van der Waals surface area contributed by atoms with Gasteiger partial charge in [-0.3, -0.25) is 0 Å². The first kappa shape index (κ1) is 13.9. The zero-order chi connectivity index (χ0) is 12.6. The van der Waals surface area contributed by atoms with Crippen LogP contribution in [0.5, 0.6) is 0 Å². The van der Waals surface area contributed by atoms with Crippen LogP contribution in [0.25, 0.3) is 0 Å². The number of ether oxygens (including phenoxy) is 1. The number of benzene rings is 1. The van der Waals surface area contributed by atoms with E-state index in [0.717, 1.165) is 25.6 Å². The minimum atomic E-state index is 0.773. The smallest absolute Gasteiger partial charge is 0.0587 e. The van der Waals surface area contributed by atoms with Gasteiger partial charge in [0.1, 0.15) is 0 Å². The van der Waals surface area contributed by atoms with E-state index in [0.29, 0.717) is 0 Å². The Bertz CT molecular complexity index is 335. The molecule has 2 nitrogen and oxygen atoms in total. The summed E-state index contributed by atoms with van der Waals surface area (Å²) in [6.45, 7) is 2.61. The third-order valence-corrected chi connectivity index (χ3v) is 4.27. The molecule has 0 saturated heterocycles. The van der Waals surface area contributed by atoms with Gasteiger partial charge in [-0.1, -0.05) is 25.0 Å². The Balaban J connectivity index is 1.64. The molecular formula is C15H23NOS. The van der Waals surface area contributed by atoms with E-state index in [1.165, 1.54) is 35.5 Å². The van der Waals surface area contributed by atoms with Gasteiger partial charge in [-0.15, -0.1) is 11.8 Å². The molecule has 0 spiro atoms. The lowest BCUT2D eigenvalue weighted by Gasteiger charge is -2.06. The molecule has 100 valence electrons. The standard InChI is InChI=1S/C15H23NOS/c1-17-10-9-16-12-14-4-6-15(7-5-14)18-11-8-13-2-3-13/h4-7,13,16H,2-3,8-12H2,1H3. The maximum Gasteiger partial charge on any atom is 0.0587 e. The molecule has 1 fully saturated rings. The Morgan fingerprint density at radius 3 is 2.72 bits per heavy atom. The first-order valence-corrected chi connectivity index (χ1v) is 7.78. The van der Waals surface area contributed by atoms with Crippen molar-refractivity contribution in [3.8, 4) is 0 Å². The van der Waals surface area contributed by atoms with Crippen molar-refractivity contribution in [2.45, 2.75) is 30.7 Å². The van der Waals surface area contributed by atoms with E-state index in [9.17, 15) is 0 Å². The van der Waals surface area contributed by atoms with Crippen LogP contribution in [-0.2, 0) is 11.3 Å². The summed E-state index contributed by atoms with van der Waals surface area (Å²) in [7, 11) is 1.73. The van der Waals surface area contributed by atoms with Gasteiger partial charge in [0, 0.05) is 25.1 Å². The van der Waals surface area contributed by atoms with Gasteiger partial charge >= 0.3 is 0 Å². The summed E-state index contributed by atoms with van der Waals surface area (Å²) < 4.78 is 5.00. The number of hydrogen-bond donors (Lipinski definition) is 1. The predicted octanol–water partition coefficient (Wildman–Crippen LogP) is 3.31. The Morgan fingerprint density at radius 2 is 2.06 bits per heavy atom. The lowest BCUT2D eigenvalue weighted by atomic mass is 10.2. The fraction of sp³-hybridized carbons (Fsp3) is 0.600. The Labute approximate surface area is 114 Å². The van der Waals surface area contributed by atoms with Gasteiger partial charge in [0.05, 0.1) is 6.61 Å². The zero-order valence-corrected chi connectivity index (χ0v) is 12.0. The second-order valence-electron chi connectivity index (χ2n) is 4.89. The molecule has 1 aliphatic carbocycles. The summed E-state index contributed by atoms with van der Waals surface area (Å²) in [5, 5.41) is 3.36. The van der Waals surface area contributed by atoms with Crippen LogP contribution in [-0.4, -0.2) is 26.0 Å². The largest absolute Gasteiger partial charge is 0.383 e. The van der Waals surface area contributed by atoms with E-state index in [1.807, 2.05) is 11.8 Å². The summed E-state index contributed by atoms with van der Waals surface area (Å²) >= 11 is 1.99. The quantitative estimate of drug-likeness (QED) is 0.547. The van der Waals surface area contributed by atoms with Gasteiger partial charge in [-0.05, 0) is 35.8 Å². The molecule has 3 heteroatoms. The van der Waals surface area contributed by atoms with Gasteiger partial charge in [0.25, 0.3) is 0 Å². The third kappa shape index (κ3) is 5.42. The minimum Gasteiger partial charge on any atom is -0.383 e. The topological polar surface area (TPSA) is 21.3 Å².